The number of anilines is 1. The quantitative estimate of drug-likeness (QED) is 0.833. The van der Waals surface area contributed by atoms with E-state index in [1.165, 1.54) is 0 Å². The largest absolute Gasteiger partial charge is 0.504 e. The molecule has 0 saturated carbocycles. The van der Waals surface area contributed by atoms with E-state index >= 15 is 0 Å². The molecule has 2 N–H and O–H groups in total. The lowest BCUT2D eigenvalue weighted by Gasteiger charge is -2.11. The number of nitrogens with one attached hydrogen (secondary N) is 1. The van der Waals surface area contributed by atoms with Gasteiger partial charge < -0.3 is 15.2 Å². The van der Waals surface area contributed by atoms with Gasteiger partial charge in [0, 0.05) is 18.7 Å². The van der Waals surface area contributed by atoms with Crippen LogP contribution in [0.5, 0.6) is 11.5 Å². The van der Waals surface area contributed by atoms with Crippen LogP contribution in [0.15, 0.2) is 36.5 Å². The standard InChI is InChI=1S/C17H20N2O3/c1-4-19-10-9-15(20)17(13(19)3)22-11-16(21)18-14-8-6-5-7-12(14)2/h5-10H,4,11H2,1-3H3,(H,18,21)/p+1. The predicted molar refractivity (Wildman–Crippen MR) is 84.0 cm³/mol. The van der Waals surface area contributed by atoms with Crippen molar-refractivity contribution in [2.75, 3.05) is 11.9 Å². The van der Waals surface area contributed by atoms with E-state index in [1.54, 1.807) is 12.3 Å². The van der Waals surface area contributed by atoms with Crippen molar-refractivity contribution in [3.05, 3.63) is 47.8 Å². The first-order valence-corrected chi connectivity index (χ1v) is 7.23. The fraction of sp³-hybridized carbons (Fsp3) is 0.294. The number of para-hydroxylation sites is 1. The first-order valence-electron chi connectivity index (χ1n) is 7.23. The average molecular weight is 301 g/mol. The number of pyridine rings is 1. The monoisotopic (exact) mass is 301 g/mol. The molecule has 0 radical (unpaired) electrons. The van der Waals surface area contributed by atoms with Crippen LogP contribution in [0.1, 0.15) is 18.2 Å². The number of ether oxygens (including phenoxy) is 1. The Morgan fingerprint density at radius 3 is 2.68 bits per heavy atom. The number of aromatic hydroxyl groups is 1. The van der Waals surface area contributed by atoms with Crippen LogP contribution >= 0.6 is 0 Å². The van der Waals surface area contributed by atoms with Crippen LogP contribution in [0.25, 0.3) is 0 Å². The van der Waals surface area contributed by atoms with E-state index in [4.69, 9.17) is 4.74 Å². The number of rotatable bonds is 5. The summed E-state index contributed by atoms with van der Waals surface area (Å²) in [6.07, 6.45) is 1.78. The van der Waals surface area contributed by atoms with Gasteiger partial charge in [-0.2, -0.15) is 4.57 Å². The van der Waals surface area contributed by atoms with Crippen LogP contribution in [-0.2, 0) is 11.3 Å². The number of hydrogen-bond donors (Lipinski definition) is 2. The van der Waals surface area contributed by atoms with Crippen LogP contribution in [0.4, 0.5) is 5.69 Å². The Hall–Kier alpha value is -2.56. The molecule has 0 aliphatic rings. The summed E-state index contributed by atoms with van der Waals surface area (Å²) in [5.41, 5.74) is 2.53. The van der Waals surface area contributed by atoms with E-state index in [9.17, 15) is 9.90 Å². The molecule has 116 valence electrons. The highest BCUT2D eigenvalue weighted by atomic mass is 16.5. The molecule has 0 aliphatic heterocycles. The highest BCUT2D eigenvalue weighted by Crippen LogP contribution is 2.26. The maximum Gasteiger partial charge on any atom is 0.262 e. The lowest BCUT2D eigenvalue weighted by atomic mass is 10.2. The van der Waals surface area contributed by atoms with Gasteiger partial charge in [-0.3, -0.25) is 4.79 Å². The third kappa shape index (κ3) is 3.55. The molecule has 0 fully saturated rings. The van der Waals surface area contributed by atoms with Gasteiger partial charge in [-0.15, -0.1) is 0 Å². The molecule has 2 aromatic rings. The molecule has 0 spiro atoms. The van der Waals surface area contributed by atoms with Crippen molar-refractivity contribution >= 4 is 11.6 Å². The highest BCUT2D eigenvalue weighted by molar-refractivity contribution is 5.92. The third-order valence-electron chi connectivity index (χ3n) is 3.51. The van der Waals surface area contributed by atoms with E-state index in [2.05, 4.69) is 5.32 Å². The summed E-state index contributed by atoms with van der Waals surface area (Å²) in [7, 11) is 0. The molecule has 0 atom stereocenters. The van der Waals surface area contributed by atoms with Crippen molar-refractivity contribution in [1.82, 2.24) is 0 Å². The van der Waals surface area contributed by atoms with Crippen molar-refractivity contribution < 1.29 is 19.2 Å². The fourth-order valence-electron chi connectivity index (χ4n) is 2.22. The van der Waals surface area contributed by atoms with E-state index in [1.807, 2.05) is 49.6 Å². The van der Waals surface area contributed by atoms with E-state index < -0.39 is 0 Å². The minimum atomic E-state index is -0.264. The van der Waals surface area contributed by atoms with E-state index in [-0.39, 0.29) is 18.3 Å². The van der Waals surface area contributed by atoms with Gasteiger partial charge in [0.15, 0.2) is 18.6 Å². The Morgan fingerprint density at radius 1 is 1.27 bits per heavy atom. The normalized spacial score (nSPS) is 10.3. The zero-order valence-corrected chi connectivity index (χ0v) is 13.1. The minimum absolute atomic E-state index is 0.0332. The zero-order valence-electron chi connectivity index (χ0n) is 13.1. The average Bonchev–Trinajstić information content (AvgIpc) is 2.49. The summed E-state index contributed by atoms with van der Waals surface area (Å²) in [5, 5.41) is 12.7. The Morgan fingerprint density at radius 2 is 2.00 bits per heavy atom. The molecule has 2 rings (SSSR count). The molecule has 0 aliphatic carbocycles. The molecular formula is C17H21N2O3+. The lowest BCUT2D eigenvalue weighted by Crippen LogP contribution is -2.36. The van der Waals surface area contributed by atoms with Gasteiger partial charge in [-0.25, -0.2) is 0 Å². The summed E-state index contributed by atoms with van der Waals surface area (Å²) in [6.45, 7) is 6.37. The van der Waals surface area contributed by atoms with Gasteiger partial charge in [0.1, 0.15) is 6.54 Å². The number of aromatic nitrogens is 1. The maximum atomic E-state index is 12.0. The molecule has 1 amide bonds. The molecule has 5 nitrogen and oxygen atoms in total. The molecule has 1 heterocycles. The van der Waals surface area contributed by atoms with Crippen molar-refractivity contribution in [3.8, 4) is 11.5 Å². The molecule has 5 heteroatoms. The summed E-state index contributed by atoms with van der Waals surface area (Å²) in [6, 6.07) is 9.10. The highest BCUT2D eigenvalue weighted by Gasteiger charge is 2.17. The molecule has 1 aromatic carbocycles. The first kappa shape index (κ1) is 15.8. The second-order valence-electron chi connectivity index (χ2n) is 5.05. The Bertz CT molecular complexity index is 684. The van der Waals surface area contributed by atoms with Crippen LogP contribution in [0.3, 0.4) is 0 Å². The van der Waals surface area contributed by atoms with E-state index in [0.29, 0.717) is 5.75 Å². The Balaban J connectivity index is 2.04. The van der Waals surface area contributed by atoms with Gasteiger partial charge >= 0.3 is 0 Å². The molecule has 1 aromatic heterocycles. The predicted octanol–water partition coefficient (Wildman–Crippen LogP) is 2.33. The number of nitrogens with zero attached hydrogens (tertiary/aromatic N) is 1. The van der Waals surface area contributed by atoms with Gasteiger partial charge in [0.25, 0.3) is 5.91 Å². The molecule has 0 bridgehead atoms. The number of aryl methyl sites for hydroxylation is 2. The van der Waals surface area contributed by atoms with Crippen LogP contribution in [0.2, 0.25) is 0 Å². The Kier molecular flexibility index (Phi) is 4.99. The van der Waals surface area contributed by atoms with Crippen molar-refractivity contribution in [1.29, 1.82) is 0 Å². The van der Waals surface area contributed by atoms with E-state index in [0.717, 1.165) is 23.5 Å². The smallest absolute Gasteiger partial charge is 0.262 e. The summed E-state index contributed by atoms with van der Waals surface area (Å²) < 4.78 is 7.44. The summed E-state index contributed by atoms with van der Waals surface area (Å²) in [4.78, 5) is 12.0. The second-order valence-corrected chi connectivity index (χ2v) is 5.05. The molecule has 0 saturated heterocycles. The van der Waals surface area contributed by atoms with Crippen molar-refractivity contribution in [3.63, 3.8) is 0 Å². The number of benzene rings is 1. The minimum Gasteiger partial charge on any atom is -0.504 e. The number of amides is 1. The summed E-state index contributed by atoms with van der Waals surface area (Å²) >= 11 is 0. The van der Waals surface area contributed by atoms with Gasteiger partial charge in [0.05, 0.1) is 0 Å². The lowest BCUT2D eigenvalue weighted by molar-refractivity contribution is -0.699. The Labute approximate surface area is 130 Å². The van der Waals surface area contributed by atoms with Crippen LogP contribution in [0, 0.1) is 13.8 Å². The summed E-state index contributed by atoms with van der Waals surface area (Å²) in [5.74, 6) is 0.107. The number of carbonyl (C=O) groups is 1. The SMILES string of the molecule is CC[n+]1ccc(O)c(OCC(=O)Nc2ccccc2C)c1C. The molecule has 0 unspecified atom stereocenters. The van der Waals surface area contributed by atoms with Crippen LogP contribution in [-0.4, -0.2) is 17.6 Å². The molecule has 22 heavy (non-hydrogen) atoms. The van der Waals surface area contributed by atoms with Crippen molar-refractivity contribution in [2.24, 2.45) is 0 Å². The van der Waals surface area contributed by atoms with Crippen LogP contribution < -0.4 is 14.6 Å². The zero-order chi connectivity index (χ0) is 16.1. The van der Waals surface area contributed by atoms with Crippen molar-refractivity contribution in [2.45, 2.75) is 27.3 Å². The second kappa shape index (κ2) is 6.93. The van der Waals surface area contributed by atoms with Gasteiger partial charge in [-0.05, 0) is 25.5 Å². The van der Waals surface area contributed by atoms with Gasteiger partial charge in [0.2, 0.25) is 11.4 Å². The first-order chi connectivity index (χ1) is 10.5. The molecular weight excluding hydrogens is 280 g/mol. The number of hydrogen-bond acceptors (Lipinski definition) is 3. The van der Waals surface area contributed by atoms with Gasteiger partial charge in [-0.1, -0.05) is 18.2 Å². The maximum absolute atomic E-state index is 12.0. The topological polar surface area (TPSA) is 62.4 Å². The fourth-order valence-corrected chi connectivity index (χ4v) is 2.22. The number of carbonyl (C=O) groups excluding carboxylic acids is 1. The third-order valence-corrected chi connectivity index (χ3v) is 3.51.